The summed E-state index contributed by atoms with van der Waals surface area (Å²) in [5.41, 5.74) is 6.36. The summed E-state index contributed by atoms with van der Waals surface area (Å²) in [4.78, 5) is 3.82. The highest BCUT2D eigenvalue weighted by atomic mass is 32.2. The van der Waals surface area contributed by atoms with E-state index in [0.29, 0.717) is 17.5 Å². The van der Waals surface area contributed by atoms with Gasteiger partial charge in [0, 0.05) is 12.7 Å². The second-order valence-electron chi connectivity index (χ2n) is 3.81. The number of nitrogens with zero attached hydrogens (tertiary/aromatic N) is 1. The minimum Gasteiger partial charge on any atom is -0.358 e. The average molecular weight is 301 g/mol. The number of nitrogens with one attached hydrogen (secondary N) is 3. The Morgan fingerprint density at radius 2 is 2.21 bits per heavy atom. The van der Waals surface area contributed by atoms with Crippen LogP contribution in [0.1, 0.15) is 6.92 Å². The molecule has 0 aromatic carbocycles. The standard InChI is InChI=1S/C10H15N5O2S2/c1-7(2)5-13-10(18)15-14-9-4-3-8(6-12-9)19(11,16)17/h3-4,6H,1,5H2,2H3,(H,12,14)(H2,11,16,17)(H2,13,15,18). The molecular weight excluding hydrogens is 286 g/mol. The van der Waals surface area contributed by atoms with Gasteiger partial charge in [-0.1, -0.05) is 12.2 Å². The van der Waals surface area contributed by atoms with Gasteiger partial charge in [0.2, 0.25) is 10.0 Å². The van der Waals surface area contributed by atoms with Crippen LogP contribution in [0.5, 0.6) is 0 Å². The van der Waals surface area contributed by atoms with Gasteiger partial charge in [-0.05, 0) is 31.3 Å². The number of rotatable bonds is 5. The second kappa shape index (κ2) is 6.45. The van der Waals surface area contributed by atoms with Crippen LogP contribution < -0.4 is 21.3 Å². The molecule has 0 saturated heterocycles. The lowest BCUT2D eigenvalue weighted by Crippen LogP contribution is -2.39. The first-order valence-electron chi connectivity index (χ1n) is 5.22. The molecule has 0 spiro atoms. The van der Waals surface area contributed by atoms with Gasteiger partial charge in [0.25, 0.3) is 0 Å². The van der Waals surface area contributed by atoms with E-state index in [1.807, 2.05) is 6.92 Å². The van der Waals surface area contributed by atoms with E-state index < -0.39 is 10.0 Å². The highest BCUT2D eigenvalue weighted by Crippen LogP contribution is 2.07. The summed E-state index contributed by atoms with van der Waals surface area (Å²) in [5, 5.41) is 8.23. The lowest BCUT2D eigenvalue weighted by Gasteiger charge is -2.11. The molecule has 0 aliphatic carbocycles. The Morgan fingerprint density at radius 3 is 2.68 bits per heavy atom. The smallest absolute Gasteiger partial charge is 0.239 e. The maximum Gasteiger partial charge on any atom is 0.239 e. The van der Waals surface area contributed by atoms with Gasteiger partial charge in [-0.2, -0.15) is 0 Å². The molecule has 19 heavy (non-hydrogen) atoms. The molecule has 1 aromatic heterocycles. The third-order valence-electron chi connectivity index (χ3n) is 1.92. The van der Waals surface area contributed by atoms with Gasteiger partial charge in [0.05, 0.1) is 0 Å². The molecule has 0 bridgehead atoms. The van der Waals surface area contributed by atoms with Crippen molar-refractivity contribution in [2.75, 3.05) is 12.0 Å². The molecule has 1 rings (SSSR count). The molecule has 0 aliphatic heterocycles. The van der Waals surface area contributed by atoms with Crippen LogP contribution in [0.15, 0.2) is 35.4 Å². The monoisotopic (exact) mass is 301 g/mol. The minimum absolute atomic E-state index is 0.0546. The summed E-state index contributed by atoms with van der Waals surface area (Å²) < 4.78 is 22.0. The van der Waals surface area contributed by atoms with Crippen molar-refractivity contribution in [3.8, 4) is 0 Å². The molecule has 9 heteroatoms. The van der Waals surface area contributed by atoms with Gasteiger partial charge >= 0.3 is 0 Å². The van der Waals surface area contributed by atoms with E-state index in [1.165, 1.54) is 12.1 Å². The van der Waals surface area contributed by atoms with Gasteiger partial charge in [0.1, 0.15) is 10.7 Å². The average Bonchev–Trinajstić information content (AvgIpc) is 2.33. The fourth-order valence-corrected chi connectivity index (χ4v) is 1.60. The largest absolute Gasteiger partial charge is 0.358 e. The predicted molar refractivity (Wildman–Crippen MR) is 77.8 cm³/mol. The number of anilines is 1. The highest BCUT2D eigenvalue weighted by Gasteiger charge is 2.07. The van der Waals surface area contributed by atoms with Crippen molar-refractivity contribution in [2.45, 2.75) is 11.8 Å². The summed E-state index contributed by atoms with van der Waals surface area (Å²) in [5.74, 6) is 0.409. The Hall–Kier alpha value is -1.71. The summed E-state index contributed by atoms with van der Waals surface area (Å²) in [6, 6.07) is 2.81. The molecule has 0 radical (unpaired) electrons. The van der Waals surface area contributed by atoms with Crippen molar-refractivity contribution >= 4 is 33.2 Å². The first kappa shape index (κ1) is 15.3. The van der Waals surface area contributed by atoms with E-state index in [9.17, 15) is 8.42 Å². The number of thiocarbonyl (C=S) groups is 1. The van der Waals surface area contributed by atoms with Crippen LogP contribution >= 0.6 is 12.2 Å². The summed E-state index contributed by atoms with van der Waals surface area (Å²) in [6.07, 6.45) is 1.16. The maximum atomic E-state index is 11.0. The summed E-state index contributed by atoms with van der Waals surface area (Å²) in [7, 11) is -3.73. The van der Waals surface area contributed by atoms with Crippen LogP contribution in [0.2, 0.25) is 0 Å². The number of hydrazine groups is 1. The molecule has 0 fully saturated rings. The molecular formula is C10H15N5O2S2. The molecule has 1 aromatic rings. The lowest BCUT2D eigenvalue weighted by molar-refractivity contribution is 0.597. The van der Waals surface area contributed by atoms with Gasteiger partial charge in [-0.25, -0.2) is 18.5 Å². The number of pyridine rings is 1. The van der Waals surface area contributed by atoms with Gasteiger partial charge in [0.15, 0.2) is 5.11 Å². The van der Waals surface area contributed by atoms with Crippen molar-refractivity contribution in [1.29, 1.82) is 0 Å². The van der Waals surface area contributed by atoms with Crippen LogP contribution in [-0.2, 0) is 10.0 Å². The molecule has 0 amide bonds. The molecule has 0 atom stereocenters. The van der Waals surface area contributed by atoms with Crippen molar-refractivity contribution in [2.24, 2.45) is 5.14 Å². The third-order valence-corrected chi connectivity index (χ3v) is 3.06. The van der Waals surface area contributed by atoms with E-state index in [2.05, 4.69) is 27.7 Å². The second-order valence-corrected chi connectivity index (χ2v) is 5.78. The van der Waals surface area contributed by atoms with Crippen molar-refractivity contribution < 1.29 is 8.42 Å². The zero-order valence-electron chi connectivity index (χ0n) is 10.3. The number of primary sulfonamides is 1. The van der Waals surface area contributed by atoms with Crippen LogP contribution in [0, 0.1) is 0 Å². The van der Waals surface area contributed by atoms with Crippen LogP contribution in [0.25, 0.3) is 0 Å². The molecule has 7 nitrogen and oxygen atoms in total. The van der Waals surface area contributed by atoms with E-state index in [4.69, 9.17) is 17.4 Å². The molecule has 0 aliphatic rings. The van der Waals surface area contributed by atoms with E-state index in [-0.39, 0.29) is 4.90 Å². The maximum absolute atomic E-state index is 11.0. The quantitative estimate of drug-likeness (QED) is 0.347. The summed E-state index contributed by atoms with van der Waals surface area (Å²) >= 11 is 4.99. The summed E-state index contributed by atoms with van der Waals surface area (Å²) in [6.45, 7) is 6.16. The highest BCUT2D eigenvalue weighted by molar-refractivity contribution is 7.89. The van der Waals surface area contributed by atoms with Crippen LogP contribution in [-0.4, -0.2) is 25.1 Å². The topological polar surface area (TPSA) is 109 Å². The number of nitrogens with two attached hydrogens (primary N) is 1. The van der Waals surface area contributed by atoms with E-state index >= 15 is 0 Å². The fraction of sp³-hybridized carbons (Fsp3) is 0.200. The lowest BCUT2D eigenvalue weighted by atomic mass is 10.4. The Kier molecular flexibility index (Phi) is 5.21. The molecule has 104 valence electrons. The number of hydrogen-bond donors (Lipinski definition) is 4. The first-order valence-corrected chi connectivity index (χ1v) is 7.17. The van der Waals surface area contributed by atoms with Crippen LogP contribution in [0.3, 0.4) is 0 Å². The Balaban J connectivity index is 2.51. The molecule has 0 unspecified atom stereocenters. The SMILES string of the molecule is C=C(C)CNC(=S)NNc1ccc(S(N)(=O)=O)cn1. The van der Waals surface area contributed by atoms with Gasteiger partial charge in [-0.15, -0.1) is 0 Å². The Morgan fingerprint density at radius 1 is 1.53 bits per heavy atom. The van der Waals surface area contributed by atoms with E-state index in [1.54, 1.807) is 0 Å². The molecule has 0 saturated carbocycles. The molecule has 5 N–H and O–H groups in total. The normalized spacial score (nSPS) is 10.6. The third kappa shape index (κ3) is 5.64. The Bertz CT molecular complexity index is 568. The minimum atomic E-state index is -3.73. The zero-order valence-corrected chi connectivity index (χ0v) is 11.9. The van der Waals surface area contributed by atoms with Crippen molar-refractivity contribution in [1.82, 2.24) is 15.7 Å². The first-order chi connectivity index (χ1) is 8.79. The van der Waals surface area contributed by atoms with Crippen molar-refractivity contribution in [3.05, 3.63) is 30.5 Å². The predicted octanol–water partition coefficient (Wildman–Crippen LogP) is 0.0961. The van der Waals surface area contributed by atoms with Gasteiger partial charge in [-0.3, -0.25) is 10.9 Å². The fourth-order valence-electron chi connectivity index (χ4n) is 1.02. The molecule has 1 heterocycles. The number of aromatic nitrogens is 1. The zero-order chi connectivity index (χ0) is 14.5. The van der Waals surface area contributed by atoms with Gasteiger partial charge < -0.3 is 5.32 Å². The Labute approximate surface area is 117 Å². The van der Waals surface area contributed by atoms with Crippen molar-refractivity contribution in [3.63, 3.8) is 0 Å². The van der Waals surface area contributed by atoms with Crippen LogP contribution in [0.4, 0.5) is 5.82 Å². The van der Waals surface area contributed by atoms with E-state index in [0.717, 1.165) is 11.8 Å². The number of hydrogen-bond acceptors (Lipinski definition) is 5. The number of sulfonamides is 1.